The predicted octanol–water partition coefficient (Wildman–Crippen LogP) is 1.89. The van der Waals surface area contributed by atoms with Gasteiger partial charge in [-0.3, -0.25) is 0 Å². The van der Waals surface area contributed by atoms with Crippen molar-refractivity contribution in [2.24, 2.45) is 0 Å². The van der Waals surface area contributed by atoms with E-state index >= 15 is 0 Å². The molecule has 0 aromatic rings. The van der Waals surface area contributed by atoms with Gasteiger partial charge < -0.3 is 19.9 Å². The van der Waals surface area contributed by atoms with Crippen LogP contribution >= 0.6 is 0 Å². The molecule has 0 radical (unpaired) electrons. The Bertz CT molecular complexity index is 320. The SMILES string of the molecule is C[C@@H](CC1=CCC2(CC1)OCCO2)NC(=O)O. The monoisotopic (exact) mass is 241 g/mol. The van der Waals surface area contributed by atoms with Crippen molar-refractivity contribution in [1.82, 2.24) is 5.32 Å². The maximum atomic E-state index is 10.5. The molecule has 5 nitrogen and oxygen atoms in total. The molecule has 0 aromatic carbocycles. The third kappa shape index (κ3) is 3.20. The van der Waals surface area contributed by atoms with Crippen LogP contribution < -0.4 is 5.32 Å². The second-order valence-electron chi connectivity index (χ2n) is 4.73. The quantitative estimate of drug-likeness (QED) is 0.740. The van der Waals surface area contributed by atoms with E-state index in [0.29, 0.717) is 13.2 Å². The van der Waals surface area contributed by atoms with E-state index in [2.05, 4.69) is 11.4 Å². The van der Waals surface area contributed by atoms with E-state index in [1.807, 2.05) is 6.92 Å². The Hall–Kier alpha value is -1.07. The van der Waals surface area contributed by atoms with Crippen LogP contribution in [0.3, 0.4) is 0 Å². The number of hydrogen-bond acceptors (Lipinski definition) is 3. The van der Waals surface area contributed by atoms with E-state index in [-0.39, 0.29) is 11.8 Å². The fourth-order valence-electron chi connectivity index (χ4n) is 2.45. The Kier molecular flexibility index (Phi) is 3.69. The average Bonchev–Trinajstić information content (AvgIpc) is 2.69. The van der Waals surface area contributed by atoms with Gasteiger partial charge in [0.1, 0.15) is 0 Å². The molecule has 0 bridgehead atoms. The number of carboxylic acid groups (broad SMARTS) is 1. The van der Waals surface area contributed by atoms with Gasteiger partial charge in [-0.1, -0.05) is 11.6 Å². The van der Waals surface area contributed by atoms with Crippen molar-refractivity contribution in [3.8, 4) is 0 Å². The molecule has 5 heteroatoms. The van der Waals surface area contributed by atoms with Gasteiger partial charge in [-0.25, -0.2) is 4.79 Å². The van der Waals surface area contributed by atoms with Gasteiger partial charge in [-0.15, -0.1) is 0 Å². The Balaban J connectivity index is 1.83. The first-order chi connectivity index (χ1) is 8.10. The molecule has 0 aromatic heterocycles. The molecule has 1 aliphatic heterocycles. The van der Waals surface area contributed by atoms with Crippen molar-refractivity contribution in [3.05, 3.63) is 11.6 Å². The fraction of sp³-hybridized carbons (Fsp3) is 0.750. The normalized spacial score (nSPS) is 24.4. The summed E-state index contributed by atoms with van der Waals surface area (Å²) in [4.78, 5) is 10.5. The first-order valence-electron chi connectivity index (χ1n) is 6.05. The first kappa shape index (κ1) is 12.4. The molecule has 2 rings (SSSR count). The summed E-state index contributed by atoms with van der Waals surface area (Å²) in [6.07, 6.45) is 4.51. The van der Waals surface area contributed by atoms with E-state index in [0.717, 1.165) is 25.7 Å². The Morgan fingerprint density at radius 3 is 2.82 bits per heavy atom. The second-order valence-corrected chi connectivity index (χ2v) is 4.73. The van der Waals surface area contributed by atoms with Gasteiger partial charge in [-0.2, -0.15) is 0 Å². The third-order valence-electron chi connectivity index (χ3n) is 3.28. The van der Waals surface area contributed by atoms with Crippen molar-refractivity contribution in [2.45, 2.75) is 44.4 Å². The molecule has 1 atom stereocenters. The highest BCUT2D eigenvalue weighted by atomic mass is 16.7. The molecule has 96 valence electrons. The van der Waals surface area contributed by atoms with Crippen LogP contribution in [0.2, 0.25) is 0 Å². The van der Waals surface area contributed by atoms with Gasteiger partial charge in [0.2, 0.25) is 0 Å². The summed E-state index contributed by atoms with van der Waals surface area (Å²) >= 11 is 0. The number of rotatable bonds is 3. The largest absolute Gasteiger partial charge is 0.465 e. The Labute approximate surface area is 101 Å². The van der Waals surface area contributed by atoms with Gasteiger partial charge in [0, 0.05) is 18.9 Å². The molecule has 2 N–H and O–H groups in total. The van der Waals surface area contributed by atoms with E-state index in [9.17, 15) is 4.79 Å². The molecule has 1 heterocycles. The number of ether oxygens (including phenoxy) is 2. The summed E-state index contributed by atoms with van der Waals surface area (Å²) in [7, 11) is 0. The van der Waals surface area contributed by atoms with E-state index in [1.165, 1.54) is 5.57 Å². The Morgan fingerprint density at radius 1 is 1.59 bits per heavy atom. The maximum Gasteiger partial charge on any atom is 0.404 e. The lowest BCUT2D eigenvalue weighted by Crippen LogP contribution is -2.34. The molecule has 2 aliphatic rings. The van der Waals surface area contributed by atoms with Crippen molar-refractivity contribution in [3.63, 3.8) is 0 Å². The molecular weight excluding hydrogens is 222 g/mol. The zero-order valence-corrected chi connectivity index (χ0v) is 10.1. The molecule has 0 unspecified atom stereocenters. The summed E-state index contributed by atoms with van der Waals surface area (Å²) in [5.41, 5.74) is 1.29. The van der Waals surface area contributed by atoms with E-state index < -0.39 is 6.09 Å². The van der Waals surface area contributed by atoms with Gasteiger partial charge in [0.25, 0.3) is 0 Å². The highest BCUT2D eigenvalue weighted by Crippen LogP contribution is 2.35. The molecular formula is C12H19NO4. The van der Waals surface area contributed by atoms with Crippen molar-refractivity contribution >= 4 is 6.09 Å². The van der Waals surface area contributed by atoms with Gasteiger partial charge in [0.15, 0.2) is 5.79 Å². The van der Waals surface area contributed by atoms with Crippen molar-refractivity contribution < 1.29 is 19.4 Å². The molecule has 1 aliphatic carbocycles. The molecule has 1 saturated heterocycles. The lowest BCUT2D eigenvalue weighted by atomic mass is 9.90. The highest BCUT2D eigenvalue weighted by molar-refractivity contribution is 5.64. The number of amides is 1. The first-order valence-corrected chi connectivity index (χ1v) is 6.05. The summed E-state index contributed by atoms with van der Waals surface area (Å²) in [6.45, 7) is 3.24. The van der Waals surface area contributed by atoms with Gasteiger partial charge in [0.05, 0.1) is 13.2 Å². The second kappa shape index (κ2) is 5.06. The van der Waals surface area contributed by atoms with Crippen molar-refractivity contribution in [1.29, 1.82) is 0 Å². The van der Waals surface area contributed by atoms with Crippen LogP contribution in [0.4, 0.5) is 4.79 Å². The Morgan fingerprint density at radius 2 is 2.29 bits per heavy atom. The summed E-state index contributed by atoms with van der Waals surface area (Å²) in [6, 6.07) is -0.0433. The molecule has 1 amide bonds. The summed E-state index contributed by atoms with van der Waals surface area (Å²) < 4.78 is 11.2. The minimum absolute atomic E-state index is 0.0433. The zero-order valence-electron chi connectivity index (χ0n) is 10.1. The predicted molar refractivity (Wildman–Crippen MR) is 61.8 cm³/mol. The molecule has 17 heavy (non-hydrogen) atoms. The fourth-order valence-corrected chi connectivity index (χ4v) is 2.45. The maximum absolute atomic E-state index is 10.5. The van der Waals surface area contributed by atoms with E-state index in [1.54, 1.807) is 0 Å². The van der Waals surface area contributed by atoms with Crippen LogP contribution in [-0.4, -0.2) is 36.2 Å². The number of nitrogens with one attached hydrogen (secondary N) is 1. The summed E-state index contributed by atoms with van der Waals surface area (Å²) in [5.74, 6) is -0.382. The molecule has 0 saturated carbocycles. The van der Waals surface area contributed by atoms with Gasteiger partial charge in [-0.05, 0) is 19.8 Å². The number of hydrogen-bond donors (Lipinski definition) is 2. The standard InChI is InChI=1S/C12H19NO4/c1-9(13-11(14)15)8-10-2-4-12(5-3-10)16-6-7-17-12/h2,9,13H,3-8H2,1H3,(H,14,15)/t9-/m0/s1. The number of carbonyl (C=O) groups is 1. The summed E-state index contributed by atoms with van der Waals surface area (Å²) in [5, 5.41) is 11.1. The minimum Gasteiger partial charge on any atom is -0.465 e. The highest BCUT2D eigenvalue weighted by Gasteiger charge is 2.37. The molecule has 1 fully saturated rings. The van der Waals surface area contributed by atoms with Crippen LogP contribution in [0, 0.1) is 0 Å². The third-order valence-corrected chi connectivity index (χ3v) is 3.28. The van der Waals surface area contributed by atoms with Gasteiger partial charge >= 0.3 is 6.09 Å². The minimum atomic E-state index is -0.965. The smallest absolute Gasteiger partial charge is 0.404 e. The van der Waals surface area contributed by atoms with Crippen LogP contribution in [0.5, 0.6) is 0 Å². The lowest BCUT2D eigenvalue weighted by Gasteiger charge is -2.31. The average molecular weight is 241 g/mol. The zero-order chi connectivity index (χ0) is 12.3. The topological polar surface area (TPSA) is 67.8 Å². The van der Waals surface area contributed by atoms with Crippen LogP contribution in [0.15, 0.2) is 11.6 Å². The molecule has 1 spiro atoms. The van der Waals surface area contributed by atoms with Crippen LogP contribution in [0.1, 0.15) is 32.6 Å². The lowest BCUT2D eigenvalue weighted by molar-refractivity contribution is -0.161. The van der Waals surface area contributed by atoms with Crippen LogP contribution in [-0.2, 0) is 9.47 Å². The van der Waals surface area contributed by atoms with Crippen LogP contribution in [0.25, 0.3) is 0 Å². The van der Waals surface area contributed by atoms with E-state index in [4.69, 9.17) is 14.6 Å². The van der Waals surface area contributed by atoms with Crippen molar-refractivity contribution in [2.75, 3.05) is 13.2 Å².